The monoisotopic (exact) mass is 263 g/mol. The first-order valence-corrected chi connectivity index (χ1v) is 6.45. The fourth-order valence-electron chi connectivity index (χ4n) is 2.62. The number of H-pyrrole nitrogens is 1. The van der Waals surface area contributed by atoms with Crippen LogP contribution in [-0.2, 0) is 0 Å². The van der Waals surface area contributed by atoms with Gasteiger partial charge in [-0.15, -0.1) is 0 Å². The summed E-state index contributed by atoms with van der Waals surface area (Å²) in [5.74, 6) is -0.591. The fourth-order valence-corrected chi connectivity index (χ4v) is 2.62. The molecule has 100 valence electrons. The summed E-state index contributed by atoms with van der Waals surface area (Å²) < 4.78 is 27.2. The van der Waals surface area contributed by atoms with Crippen molar-refractivity contribution < 1.29 is 8.78 Å². The van der Waals surface area contributed by atoms with E-state index in [4.69, 9.17) is 0 Å². The van der Waals surface area contributed by atoms with Crippen LogP contribution in [0.25, 0.3) is 11.1 Å². The number of aromatic amines is 1. The molecule has 1 aromatic carbocycles. The van der Waals surface area contributed by atoms with Gasteiger partial charge in [0, 0.05) is 29.3 Å². The minimum absolute atomic E-state index is 0.272. The van der Waals surface area contributed by atoms with Crippen molar-refractivity contribution in [3.63, 3.8) is 0 Å². The molecule has 2 aromatic rings. The van der Waals surface area contributed by atoms with Gasteiger partial charge in [0.1, 0.15) is 11.6 Å². The van der Waals surface area contributed by atoms with Gasteiger partial charge < -0.3 is 5.32 Å². The third-order valence-electron chi connectivity index (χ3n) is 3.59. The topological polar surface area (TPSA) is 40.7 Å². The van der Waals surface area contributed by atoms with Crippen molar-refractivity contribution in [2.75, 3.05) is 13.1 Å². The average molecular weight is 263 g/mol. The van der Waals surface area contributed by atoms with Crippen LogP contribution in [0.15, 0.2) is 24.4 Å². The Hall–Kier alpha value is -1.75. The summed E-state index contributed by atoms with van der Waals surface area (Å²) in [5.41, 5.74) is 1.82. The maximum absolute atomic E-state index is 13.9. The minimum atomic E-state index is -0.440. The van der Waals surface area contributed by atoms with E-state index < -0.39 is 11.6 Å². The number of nitrogens with one attached hydrogen (secondary N) is 2. The number of piperidine rings is 1. The van der Waals surface area contributed by atoms with Crippen LogP contribution in [-0.4, -0.2) is 23.3 Å². The van der Waals surface area contributed by atoms with Crippen LogP contribution in [0.1, 0.15) is 24.5 Å². The van der Waals surface area contributed by atoms with Crippen molar-refractivity contribution in [2.24, 2.45) is 0 Å². The zero-order chi connectivity index (χ0) is 13.2. The van der Waals surface area contributed by atoms with Crippen LogP contribution in [0.5, 0.6) is 0 Å². The number of aromatic nitrogens is 2. The molecule has 1 aliphatic heterocycles. The van der Waals surface area contributed by atoms with E-state index in [1.807, 2.05) is 0 Å². The van der Waals surface area contributed by atoms with E-state index in [9.17, 15) is 8.78 Å². The lowest BCUT2D eigenvalue weighted by molar-refractivity contribution is 0.454. The first-order valence-electron chi connectivity index (χ1n) is 6.45. The Kier molecular flexibility index (Phi) is 3.29. The molecule has 0 unspecified atom stereocenters. The molecule has 2 heterocycles. The van der Waals surface area contributed by atoms with Crippen molar-refractivity contribution in [1.29, 1.82) is 0 Å². The maximum atomic E-state index is 13.9. The van der Waals surface area contributed by atoms with Gasteiger partial charge in [-0.1, -0.05) is 0 Å². The molecule has 0 spiro atoms. The summed E-state index contributed by atoms with van der Waals surface area (Å²) in [6, 6.07) is 3.50. The zero-order valence-corrected chi connectivity index (χ0v) is 10.4. The molecule has 5 heteroatoms. The van der Waals surface area contributed by atoms with Crippen LogP contribution in [0.3, 0.4) is 0 Å². The lowest BCUT2D eigenvalue weighted by atomic mass is 9.91. The van der Waals surface area contributed by atoms with E-state index in [1.54, 1.807) is 6.20 Å². The van der Waals surface area contributed by atoms with Gasteiger partial charge in [-0.2, -0.15) is 5.10 Å². The van der Waals surface area contributed by atoms with Gasteiger partial charge in [-0.3, -0.25) is 5.10 Å². The summed E-state index contributed by atoms with van der Waals surface area (Å²) in [6.45, 7) is 1.85. The number of rotatable bonds is 2. The molecule has 3 nitrogen and oxygen atoms in total. The molecule has 1 saturated heterocycles. The lowest BCUT2D eigenvalue weighted by Crippen LogP contribution is -2.28. The number of hydrogen-bond acceptors (Lipinski definition) is 2. The Morgan fingerprint density at radius 2 is 2.11 bits per heavy atom. The first kappa shape index (κ1) is 12.3. The van der Waals surface area contributed by atoms with Crippen molar-refractivity contribution in [2.45, 2.75) is 18.8 Å². The fraction of sp³-hybridized carbons (Fsp3) is 0.357. The molecule has 2 N–H and O–H groups in total. The summed E-state index contributed by atoms with van der Waals surface area (Å²) >= 11 is 0. The highest BCUT2D eigenvalue weighted by Gasteiger charge is 2.22. The van der Waals surface area contributed by atoms with Gasteiger partial charge in [0.25, 0.3) is 0 Å². The van der Waals surface area contributed by atoms with E-state index in [2.05, 4.69) is 15.5 Å². The zero-order valence-electron chi connectivity index (χ0n) is 10.4. The number of benzene rings is 1. The van der Waals surface area contributed by atoms with Crippen molar-refractivity contribution in [3.05, 3.63) is 41.7 Å². The van der Waals surface area contributed by atoms with Crippen LogP contribution in [0.4, 0.5) is 8.78 Å². The highest BCUT2D eigenvalue weighted by Crippen LogP contribution is 2.32. The molecule has 1 fully saturated rings. The summed E-state index contributed by atoms with van der Waals surface area (Å²) in [7, 11) is 0. The Labute approximate surface area is 110 Å². The van der Waals surface area contributed by atoms with E-state index in [1.165, 1.54) is 6.07 Å². The van der Waals surface area contributed by atoms with E-state index >= 15 is 0 Å². The molecule has 0 aliphatic carbocycles. The third-order valence-corrected chi connectivity index (χ3v) is 3.59. The van der Waals surface area contributed by atoms with Gasteiger partial charge in [-0.25, -0.2) is 8.78 Å². The van der Waals surface area contributed by atoms with Gasteiger partial charge in [-0.05, 0) is 37.6 Å². The summed E-state index contributed by atoms with van der Waals surface area (Å²) in [6.07, 6.45) is 3.68. The van der Waals surface area contributed by atoms with Crippen LogP contribution < -0.4 is 5.32 Å². The molecule has 19 heavy (non-hydrogen) atoms. The Balaban J connectivity index is 2.01. The SMILES string of the molecule is Fc1ccc(F)c(-c2cn[nH]c2[C@@H]2CCCNC2)c1. The molecule has 0 amide bonds. The lowest BCUT2D eigenvalue weighted by Gasteiger charge is -2.22. The predicted molar refractivity (Wildman–Crippen MR) is 68.8 cm³/mol. The quantitative estimate of drug-likeness (QED) is 0.874. The molecule has 1 aliphatic rings. The smallest absolute Gasteiger partial charge is 0.131 e. The molecule has 0 radical (unpaired) electrons. The summed E-state index contributed by atoms with van der Waals surface area (Å²) in [5, 5.41) is 10.3. The van der Waals surface area contributed by atoms with Crippen LogP contribution >= 0.6 is 0 Å². The van der Waals surface area contributed by atoms with E-state index in [0.29, 0.717) is 5.56 Å². The Morgan fingerprint density at radius 3 is 2.89 bits per heavy atom. The molecular formula is C14H15F2N3. The molecule has 3 rings (SSSR count). The highest BCUT2D eigenvalue weighted by atomic mass is 19.1. The van der Waals surface area contributed by atoms with E-state index in [-0.39, 0.29) is 11.5 Å². The molecule has 1 aromatic heterocycles. The molecule has 0 saturated carbocycles. The van der Waals surface area contributed by atoms with E-state index in [0.717, 1.165) is 43.8 Å². The van der Waals surface area contributed by atoms with Gasteiger partial charge in [0.05, 0.1) is 6.20 Å². The minimum Gasteiger partial charge on any atom is -0.316 e. The number of halogens is 2. The maximum Gasteiger partial charge on any atom is 0.131 e. The second-order valence-electron chi connectivity index (χ2n) is 4.86. The number of nitrogens with zero attached hydrogens (tertiary/aromatic N) is 1. The normalized spacial score (nSPS) is 19.6. The standard InChI is InChI=1S/C14H15F2N3/c15-10-3-4-13(16)11(6-10)12-8-18-19-14(12)9-2-1-5-17-7-9/h3-4,6,8-9,17H,1-2,5,7H2,(H,18,19)/t9-/m1/s1. The van der Waals surface area contributed by atoms with Crippen LogP contribution in [0, 0.1) is 11.6 Å². The molecular weight excluding hydrogens is 248 g/mol. The number of hydrogen-bond donors (Lipinski definition) is 2. The van der Waals surface area contributed by atoms with Crippen molar-refractivity contribution in [1.82, 2.24) is 15.5 Å². The Bertz CT molecular complexity index is 574. The predicted octanol–water partition coefficient (Wildman–Crippen LogP) is 2.82. The van der Waals surface area contributed by atoms with Crippen LogP contribution in [0.2, 0.25) is 0 Å². The van der Waals surface area contributed by atoms with Gasteiger partial charge in [0.15, 0.2) is 0 Å². The van der Waals surface area contributed by atoms with Crippen molar-refractivity contribution >= 4 is 0 Å². The molecule has 0 bridgehead atoms. The van der Waals surface area contributed by atoms with Gasteiger partial charge in [0.2, 0.25) is 0 Å². The highest BCUT2D eigenvalue weighted by molar-refractivity contribution is 5.66. The average Bonchev–Trinajstić information content (AvgIpc) is 2.91. The van der Waals surface area contributed by atoms with Gasteiger partial charge >= 0.3 is 0 Å². The third kappa shape index (κ3) is 2.38. The second kappa shape index (κ2) is 5.09. The molecule has 1 atom stereocenters. The summed E-state index contributed by atoms with van der Waals surface area (Å²) in [4.78, 5) is 0. The largest absolute Gasteiger partial charge is 0.316 e. The second-order valence-corrected chi connectivity index (χ2v) is 4.86. The first-order chi connectivity index (χ1) is 9.25. The Morgan fingerprint density at radius 1 is 1.21 bits per heavy atom. The van der Waals surface area contributed by atoms with Crippen molar-refractivity contribution in [3.8, 4) is 11.1 Å².